The van der Waals surface area contributed by atoms with Crippen molar-refractivity contribution in [2.24, 2.45) is 0 Å². The number of allylic oxidation sites excluding steroid dienone is 1. The zero-order chi connectivity index (χ0) is 26.2. The van der Waals surface area contributed by atoms with Gasteiger partial charge in [0.15, 0.2) is 0 Å². The molecule has 4 aromatic rings. The van der Waals surface area contributed by atoms with E-state index in [-0.39, 0.29) is 22.6 Å². The lowest BCUT2D eigenvalue weighted by atomic mass is 10.0. The molecule has 1 aromatic heterocycles. The average molecular weight is 539 g/mol. The van der Waals surface area contributed by atoms with Crippen molar-refractivity contribution >= 4 is 50.8 Å². The van der Waals surface area contributed by atoms with Gasteiger partial charge >= 0.3 is 0 Å². The molecule has 1 unspecified atom stereocenters. The van der Waals surface area contributed by atoms with Gasteiger partial charge in [0.1, 0.15) is 11.9 Å². The van der Waals surface area contributed by atoms with Crippen LogP contribution in [-0.2, 0) is 14.8 Å². The highest BCUT2D eigenvalue weighted by Crippen LogP contribution is 2.34. The summed E-state index contributed by atoms with van der Waals surface area (Å²) in [4.78, 5) is 15.5. The summed E-state index contributed by atoms with van der Waals surface area (Å²) in [6.07, 6.45) is 1.89. The van der Waals surface area contributed by atoms with E-state index in [0.717, 1.165) is 11.1 Å². The molecule has 0 spiro atoms. The predicted molar refractivity (Wildman–Crippen MR) is 139 cm³/mol. The summed E-state index contributed by atoms with van der Waals surface area (Å²) in [5, 5.41) is 10.7. The van der Waals surface area contributed by atoms with E-state index >= 15 is 0 Å². The van der Waals surface area contributed by atoms with Crippen LogP contribution in [0.2, 0.25) is 5.02 Å². The van der Waals surface area contributed by atoms with Gasteiger partial charge in [0.25, 0.3) is 16.0 Å². The molecule has 1 aliphatic heterocycles. The molecule has 188 valence electrons. The first-order valence-corrected chi connectivity index (χ1v) is 12.9. The molecule has 0 aliphatic carbocycles. The molecule has 3 N–H and O–H groups in total. The Kier molecular flexibility index (Phi) is 6.40. The maximum atomic E-state index is 13.6. The molecule has 2 heterocycles. The predicted octanol–water partition coefficient (Wildman–Crippen LogP) is 4.89. The van der Waals surface area contributed by atoms with Crippen LogP contribution in [0.1, 0.15) is 24.1 Å². The molecule has 1 atom stereocenters. The fraction of sp³-hybridized carbons (Fsp3) is 0.0800. The monoisotopic (exact) mass is 538 g/mol. The first-order valence-electron chi connectivity index (χ1n) is 11.1. The minimum atomic E-state index is -4.03. The van der Waals surface area contributed by atoms with Crippen molar-refractivity contribution in [2.45, 2.75) is 17.9 Å². The number of benzene rings is 3. The Morgan fingerprint density at radius 3 is 2.35 bits per heavy atom. The second kappa shape index (κ2) is 9.68. The summed E-state index contributed by atoms with van der Waals surface area (Å²) in [5.41, 5.74) is 2.72. The number of fused-ring (bicyclic) bond motifs is 1. The van der Waals surface area contributed by atoms with E-state index in [4.69, 9.17) is 11.6 Å². The number of amides is 1. The molecule has 9 nitrogen and oxygen atoms in total. The first-order chi connectivity index (χ1) is 17.7. The second-order valence-corrected chi connectivity index (χ2v) is 10.3. The molecule has 0 saturated carbocycles. The van der Waals surface area contributed by atoms with Crippen LogP contribution in [0.15, 0.2) is 83.8 Å². The highest BCUT2D eigenvalue weighted by molar-refractivity contribution is 7.92. The Morgan fingerprint density at radius 1 is 1.03 bits per heavy atom. The number of hydrogen-bond donors (Lipinski definition) is 3. The number of halogens is 2. The zero-order valence-electron chi connectivity index (χ0n) is 19.3. The molecule has 5 rings (SSSR count). The van der Waals surface area contributed by atoms with Crippen molar-refractivity contribution in [3.8, 4) is 0 Å². The lowest BCUT2D eigenvalue weighted by molar-refractivity contribution is -0.114. The molecule has 37 heavy (non-hydrogen) atoms. The van der Waals surface area contributed by atoms with E-state index in [1.807, 2.05) is 18.2 Å². The maximum absolute atomic E-state index is 13.6. The van der Waals surface area contributed by atoms with Gasteiger partial charge < -0.3 is 10.6 Å². The molecule has 0 fully saturated rings. The number of carbonyl (C=O) groups is 1. The molecule has 0 bridgehead atoms. The second-order valence-electron chi connectivity index (χ2n) is 8.22. The third-order valence-electron chi connectivity index (χ3n) is 5.54. The topological polar surface area (TPSA) is 118 Å². The van der Waals surface area contributed by atoms with E-state index in [2.05, 4.69) is 25.4 Å². The van der Waals surface area contributed by atoms with Gasteiger partial charge in [-0.3, -0.25) is 4.79 Å². The van der Waals surface area contributed by atoms with Gasteiger partial charge in [0.2, 0.25) is 11.9 Å². The smallest absolute Gasteiger partial charge is 0.264 e. The fourth-order valence-electron chi connectivity index (χ4n) is 3.83. The van der Waals surface area contributed by atoms with E-state index in [1.54, 1.807) is 24.3 Å². The Balaban J connectivity index is 1.47. The minimum Gasteiger partial charge on any atom is -0.326 e. The SMILES string of the molecule is CC(=O)Nc1ccc(S(=O)(=O)Nc2nc3n(n2)C(c2ccc(F)cc2)C=C(c2ccc(Cl)cc2)N3)cc1. The normalized spacial score (nSPS) is 14.8. The van der Waals surface area contributed by atoms with Crippen molar-refractivity contribution in [3.05, 3.63) is 101 Å². The summed E-state index contributed by atoms with van der Waals surface area (Å²) in [7, 11) is -4.03. The quantitative estimate of drug-likeness (QED) is 0.322. The summed E-state index contributed by atoms with van der Waals surface area (Å²) in [6.45, 7) is 1.36. The van der Waals surface area contributed by atoms with E-state index in [0.29, 0.717) is 22.4 Å². The lowest BCUT2D eigenvalue weighted by Gasteiger charge is -2.24. The van der Waals surface area contributed by atoms with Gasteiger partial charge in [-0.1, -0.05) is 35.9 Å². The van der Waals surface area contributed by atoms with E-state index < -0.39 is 16.1 Å². The van der Waals surface area contributed by atoms with Gasteiger partial charge in [0.05, 0.1) is 4.90 Å². The van der Waals surface area contributed by atoms with Gasteiger partial charge in [-0.05, 0) is 65.7 Å². The van der Waals surface area contributed by atoms with Crippen LogP contribution in [0, 0.1) is 5.82 Å². The van der Waals surface area contributed by atoms with Gasteiger partial charge in [-0.25, -0.2) is 22.2 Å². The Bertz CT molecular complexity index is 1600. The van der Waals surface area contributed by atoms with Gasteiger partial charge in [-0.15, -0.1) is 5.10 Å². The molecule has 1 aliphatic rings. The summed E-state index contributed by atoms with van der Waals surface area (Å²) in [5.74, 6) is -0.500. The number of aromatic nitrogens is 3. The van der Waals surface area contributed by atoms with Crippen LogP contribution in [0.25, 0.3) is 5.70 Å². The number of nitrogens with one attached hydrogen (secondary N) is 3. The number of anilines is 3. The Labute approximate surface area is 217 Å². The van der Waals surface area contributed by atoms with Crippen LogP contribution in [-0.4, -0.2) is 29.1 Å². The highest BCUT2D eigenvalue weighted by Gasteiger charge is 2.27. The molecular formula is C25H20ClFN6O3S. The van der Waals surface area contributed by atoms with Crippen molar-refractivity contribution in [2.75, 3.05) is 15.4 Å². The summed E-state index contributed by atoms with van der Waals surface area (Å²) >= 11 is 6.03. The number of nitrogens with zero attached hydrogens (tertiary/aromatic N) is 3. The van der Waals surface area contributed by atoms with Gasteiger partial charge in [-0.2, -0.15) is 4.98 Å². The van der Waals surface area contributed by atoms with Crippen molar-refractivity contribution < 1.29 is 17.6 Å². The standard InChI is InChI=1S/C25H20ClFN6O3S/c1-15(34)28-20-10-12-21(13-11-20)37(35,36)32-24-30-25-29-22(16-2-6-18(26)7-3-16)14-23(33(25)31-24)17-4-8-19(27)9-5-17/h2-14,23H,1H3,(H,28,34)(H2,29,30,31,32). The maximum Gasteiger partial charge on any atom is 0.264 e. The summed E-state index contributed by atoms with van der Waals surface area (Å²) in [6, 6.07) is 18.3. The minimum absolute atomic E-state index is 0.0302. The molecular weight excluding hydrogens is 519 g/mol. The molecule has 0 saturated heterocycles. The third kappa shape index (κ3) is 5.32. The summed E-state index contributed by atoms with van der Waals surface area (Å²) < 4.78 is 43.5. The third-order valence-corrected chi connectivity index (χ3v) is 7.14. The highest BCUT2D eigenvalue weighted by atomic mass is 35.5. The molecule has 12 heteroatoms. The van der Waals surface area contributed by atoms with Crippen molar-refractivity contribution in [3.63, 3.8) is 0 Å². The zero-order valence-corrected chi connectivity index (χ0v) is 20.9. The number of hydrogen-bond acceptors (Lipinski definition) is 6. The first kappa shape index (κ1) is 24.5. The largest absolute Gasteiger partial charge is 0.326 e. The molecule has 3 aromatic carbocycles. The van der Waals surface area contributed by atoms with Crippen LogP contribution in [0.4, 0.5) is 22.0 Å². The average Bonchev–Trinajstić information content (AvgIpc) is 3.26. The number of rotatable bonds is 6. The van der Waals surface area contributed by atoms with Crippen molar-refractivity contribution in [1.82, 2.24) is 14.8 Å². The lowest BCUT2D eigenvalue weighted by Crippen LogP contribution is -2.20. The van der Waals surface area contributed by atoms with E-state index in [9.17, 15) is 17.6 Å². The van der Waals surface area contributed by atoms with Crippen LogP contribution in [0.3, 0.4) is 0 Å². The fourth-order valence-corrected chi connectivity index (χ4v) is 4.90. The van der Waals surface area contributed by atoms with Crippen molar-refractivity contribution in [1.29, 1.82) is 0 Å². The Hall–Kier alpha value is -4.22. The van der Waals surface area contributed by atoms with Crippen LogP contribution < -0.4 is 15.4 Å². The molecule has 0 radical (unpaired) electrons. The Morgan fingerprint density at radius 2 is 1.70 bits per heavy atom. The number of carbonyl (C=O) groups excluding carboxylic acids is 1. The van der Waals surface area contributed by atoms with E-state index in [1.165, 1.54) is 48.0 Å². The van der Waals surface area contributed by atoms with Crippen LogP contribution in [0.5, 0.6) is 0 Å². The van der Waals surface area contributed by atoms with Gasteiger partial charge in [0, 0.05) is 23.3 Å². The molecule has 1 amide bonds. The van der Waals surface area contributed by atoms with Crippen LogP contribution >= 0.6 is 11.6 Å². The number of sulfonamides is 1.